The van der Waals surface area contributed by atoms with E-state index in [4.69, 9.17) is 9.26 Å². The van der Waals surface area contributed by atoms with Crippen LogP contribution in [0.1, 0.15) is 22.9 Å². The average Bonchev–Trinajstić information content (AvgIpc) is 3.15. The van der Waals surface area contributed by atoms with E-state index in [1.165, 1.54) is 6.07 Å². The number of benzene rings is 2. The first-order valence-corrected chi connectivity index (χ1v) is 13.3. The second kappa shape index (κ2) is 10.9. The van der Waals surface area contributed by atoms with Crippen molar-refractivity contribution in [3.8, 4) is 5.88 Å². The molecule has 0 aliphatic carbocycles. The van der Waals surface area contributed by atoms with Crippen molar-refractivity contribution < 1.29 is 32.7 Å². The SMILES string of the molecule is COCc1ccc(C(NC(=O)Cc2cc(O)no2)C(=O)Nc2cc(F)c(S(C)(C)C)c(F)c2)cc1. The van der Waals surface area contributed by atoms with Gasteiger partial charge in [0.1, 0.15) is 23.4 Å². The number of carbonyl (C=O) groups is 2. The van der Waals surface area contributed by atoms with Gasteiger partial charge < -0.3 is 25.0 Å². The zero-order valence-electron chi connectivity index (χ0n) is 19.7. The monoisotopic (exact) mass is 507 g/mol. The van der Waals surface area contributed by atoms with Crippen LogP contribution in [0.3, 0.4) is 0 Å². The summed E-state index contributed by atoms with van der Waals surface area (Å²) in [6.45, 7) is 0.360. The first-order valence-electron chi connectivity index (χ1n) is 10.5. The highest BCUT2D eigenvalue weighted by Crippen LogP contribution is 2.48. The molecule has 3 aromatic rings. The molecule has 0 radical (unpaired) electrons. The fourth-order valence-corrected chi connectivity index (χ4v) is 4.75. The summed E-state index contributed by atoms with van der Waals surface area (Å²) in [5.41, 5.74) is 1.21. The van der Waals surface area contributed by atoms with Gasteiger partial charge in [-0.3, -0.25) is 9.59 Å². The lowest BCUT2D eigenvalue weighted by molar-refractivity contribution is -0.126. The Balaban J connectivity index is 1.86. The topological polar surface area (TPSA) is 114 Å². The Morgan fingerprint density at radius 2 is 1.74 bits per heavy atom. The van der Waals surface area contributed by atoms with Crippen LogP contribution in [0.15, 0.2) is 51.9 Å². The van der Waals surface area contributed by atoms with Crippen molar-refractivity contribution in [3.63, 3.8) is 0 Å². The molecule has 2 aromatic carbocycles. The van der Waals surface area contributed by atoms with Gasteiger partial charge >= 0.3 is 0 Å². The van der Waals surface area contributed by atoms with Gasteiger partial charge in [-0.1, -0.05) is 24.3 Å². The molecule has 0 saturated carbocycles. The lowest BCUT2D eigenvalue weighted by atomic mass is 10.0. The Labute approximate surface area is 203 Å². The Hall–Kier alpha value is -3.44. The lowest BCUT2D eigenvalue weighted by Crippen LogP contribution is -2.37. The van der Waals surface area contributed by atoms with E-state index in [9.17, 15) is 23.5 Å². The molecule has 11 heteroatoms. The Bertz CT molecular complexity index is 1190. The Morgan fingerprint density at radius 1 is 1.11 bits per heavy atom. The molecule has 8 nitrogen and oxygen atoms in total. The first kappa shape index (κ1) is 26.2. The van der Waals surface area contributed by atoms with Gasteiger partial charge in [0.25, 0.3) is 11.8 Å². The summed E-state index contributed by atoms with van der Waals surface area (Å²) in [5, 5.41) is 17.7. The number of hydrogen-bond acceptors (Lipinski definition) is 6. The minimum atomic E-state index is -1.68. The second-order valence-electron chi connectivity index (χ2n) is 8.60. The van der Waals surface area contributed by atoms with Crippen LogP contribution in [0.5, 0.6) is 5.88 Å². The molecule has 35 heavy (non-hydrogen) atoms. The van der Waals surface area contributed by atoms with Crippen molar-refractivity contribution in [2.45, 2.75) is 24.0 Å². The van der Waals surface area contributed by atoms with E-state index in [0.29, 0.717) is 12.2 Å². The van der Waals surface area contributed by atoms with Crippen LogP contribution < -0.4 is 10.6 Å². The van der Waals surface area contributed by atoms with Gasteiger partial charge in [0, 0.05) is 18.9 Å². The summed E-state index contributed by atoms with van der Waals surface area (Å²) in [7, 11) is -0.131. The van der Waals surface area contributed by atoms with Gasteiger partial charge in [0.05, 0.1) is 17.9 Å². The van der Waals surface area contributed by atoms with Crippen LogP contribution in [0, 0.1) is 11.6 Å². The zero-order valence-corrected chi connectivity index (χ0v) is 20.5. The Kier molecular flexibility index (Phi) is 8.13. The fourth-order valence-electron chi connectivity index (χ4n) is 3.46. The highest BCUT2D eigenvalue weighted by atomic mass is 32.3. The van der Waals surface area contributed by atoms with E-state index in [0.717, 1.165) is 17.7 Å². The predicted octanol–water partition coefficient (Wildman–Crippen LogP) is 3.90. The molecule has 3 rings (SSSR count). The third-order valence-electron chi connectivity index (χ3n) is 4.95. The number of ether oxygens (including phenoxy) is 1. The molecule has 0 bridgehead atoms. The molecule has 0 aliphatic heterocycles. The molecule has 0 saturated heterocycles. The number of methoxy groups -OCH3 is 1. The summed E-state index contributed by atoms with van der Waals surface area (Å²) >= 11 is 0. The molecular formula is C24H27F2N3O5S. The van der Waals surface area contributed by atoms with Gasteiger partial charge in [0.15, 0.2) is 0 Å². The van der Waals surface area contributed by atoms with Crippen LogP contribution in [-0.2, 0) is 27.4 Å². The molecule has 3 N–H and O–H groups in total. The number of nitrogens with one attached hydrogen (secondary N) is 2. The number of carbonyl (C=O) groups excluding carboxylic acids is 2. The molecule has 2 amide bonds. The van der Waals surface area contributed by atoms with E-state index >= 15 is 0 Å². The molecule has 188 valence electrons. The maximum absolute atomic E-state index is 14.7. The van der Waals surface area contributed by atoms with Crippen LogP contribution in [0.2, 0.25) is 0 Å². The quantitative estimate of drug-likeness (QED) is 0.405. The van der Waals surface area contributed by atoms with E-state index in [1.54, 1.807) is 50.1 Å². The number of nitrogens with zero attached hydrogens (tertiary/aromatic N) is 1. The van der Waals surface area contributed by atoms with E-state index in [-0.39, 0.29) is 28.6 Å². The van der Waals surface area contributed by atoms with Gasteiger partial charge in [-0.15, -0.1) is 0 Å². The molecule has 1 atom stereocenters. The molecule has 0 fully saturated rings. The van der Waals surface area contributed by atoms with Gasteiger partial charge in [-0.05, 0) is 47.2 Å². The number of rotatable bonds is 9. The minimum absolute atomic E-state index is 0.00982. The van der Waals surface area contributed by atoms with Crippen molar-refractivity contribution in [1.82, 2.24) is 10.5 Å². The molecule has 1 aromatic heterocycles. The van der Waals surface area contributed by atoms with E-state index in [2.05, 4.69) is 15.8 Å². The second-order valence-corrected chi connectivity index (χ2v) is 12.7. The number of hydrogen-bond donors (Lipinski definition) is 3. The highest BCUT2D eigenvalue weighted by Gasteiger charge is 2.26. The number of amides is 2. The molecular weight excluding hydrogens is 480 g/mol. The van der Waals surface area contributed by atoms with Crippen molar-refractivity contribution in [2.24, 2.45) is 0 Å². The van der Waals surface area contributed by atoms with Crippen molar-refractivity contribution >= 4 is 27.5 Å². The van der Waals surface area contributed by atoms with Crippen molar-refractivity contribution in [2.75, 3.05) is 31.2 Å². The summed E-state index contributed by atoms with van der Waals surface area (Å²) in [6, 6.07) is 8.88. The van der Waals surface area contributed by atoms with Crippen molar-refractivity contribution in [1.29, 1.82) is 0 Å². The van der Waals surface area contributed by atoms with E-state index < -0.39 is 39.5 Å². The normalized spacial score (nSPS) is 12.7. The summed E-state index contributed by atoms with van der Waals surface area (Å²) in [5.74, 6) is -3.08. The van der Waals surface area contributed by atoms with Crippen molar-refractivity contribution in [3.05, 3.63) is 71.0 Å². The molecule has 0 aliphatic rings. The fraction of sp³-hybridized carbons (Fsp3) is 0.292. The van der Waals surface area contributed by atoms with Gasteiger partial charge in [0.2, 0.25) is 5.91 Å². The van der Waals surface area contributed by atoms with Crippen LogP contribution >= 0.6 is 10.0 Å². The summed E-state index contributed by atoms with van der Waals surface area (Å²) < 4.78 is 39.2. The highest BCUT2D eigenvalue weighted by molar-refractivity contribution is 8.32. The first-order chi connectivity index (χ1) is 16.5. The maximum Gasteiger partial charge on any atom is 0.251 e. The smallest absolute Gasteiger partial charge is 0.251 e. The predicted molar refractivity (Wildman–Crippen MR) is 129 cm³/mol. The van der Waals surface area contributed by atoms with Crippen LogP contribution in [-0.4, -0.2) is 48.0 Å². The van der Waals surface area contributed by atoms with Crippen LogP contribution in [0.4, 0.5) is 14.5 Å². The zero-order chi connectivity index (χ0) is 25.8. The maximum atomic E-state index is 14.7. The van der Waals surface area contributed by atoms with Gasteiger partial charge in [-0.2, -0.15) is 0 Å². The number of aromatic nitrogens is 1. The van der Waals surface area contributed by atoms with E-state index in [1.807, 2.05) is 0 Å². The third-order valence-corrected chi connectivity index (χ3v) is 6.57. The Morgan fingerprint density at radius 3 is 2.26 bits per heavy atom. The molecule has 0 spiro atoms. The average molecular weight is 508 g/mol. The molecule has 1 unspecified atom stereocenters. The lowest BCUT2D eigenvalue weighted by Gasteiger charge is -2.27. The number of halogens is 2. The standard InChI is InChI=1S/C24H27F2N3O5S/c1-33-13-14-5-7-15(8-6-14)22(28-20(30)11-17-12-21(31)29-34-17)24(32)27-16-9-18(25)23(19(26)10-16)35(2,3)4/h5-10,12,22H,11,13H2,1-4H3,(H,27,32)(H,28,30)(H,29,31). The molecule has 1 heterocycles. The largest absolute Gasteiger partial charge is 0.491 e. The third kappa shape index (κ3) is 6.80. The number of aromatic hydroxyl groups is 1. The summed E-state index contributed by atoms with van der Waals surface area (Å²) in [6.07, 6.45) is 5.00. The minimum Gasteiger partial charge on any atom is -0.491 e. The van der Waals surface area contributed by atoms with Gasteiger partial charge in [-0.25, -0.2) is 18.8 Å². The number of anilines is 1. The van der Waals surface area contributed by atoms with Crippen LogP contribution in [0.25, 0.3) is 0 Å². The summed E-state index contributed by atoms with van der Waals surface area (Å²) in [4.78, 5) is 25.7.